The van der Waals surface area contributed by atoms with Crippen molar-refractivity contribution in [2.24, 2.45) is 0 Å². The summed E-state index contributed by atoms with van der Waals surface area (Å²) in [6.07, 6.45) is 0.996. The Kier molecular flexibility index (Phi) is 4.07. The second-order valence-corrected chi connectivity index (χ2v) is 5.12. The molecule has 0 N–H and O–H groups in total. The highest BCUT2D eigenvalue weighted by Gasteiger charge is 2.08. The molecule has 2 nitrogen and oxygen atoms in total. The van der Waals surface area contributed by atoms with Crippen LogP contribution in [0, 0.1) is 0 Å². The summed E-state index contributed by atoms with van der Waals surface area (Å²) in [5, 5.41) is 1.69. The van der Waals surface area contributed by atoms with E-state index in [0.717, 1.165) is 40.4 Å². The first-order chi connectivity index (χ1) is 8.61. The van der Waals surface area contributed by atoms with Crippen molar-refractivity contribution < 1.29 is 4.74 Å². The summed E-state index contributed by atoms with van der Waals surface area (Å²) >= 11 is 6.32. The molecule has 18 heavy (non-hydrogen) atoms. The Balaban J connectivity index is 2.44. The fourth-order valence-electron chi connectivity index (χ4n) is 1.79. The number of nitrogens with zero attached hydrogens (tertiary/aromatic N) is 1. The number of hydrogen-bond acceptors (Lipinski definition) is 2. The normalized spacial score (nSPS) is 11.2. The molecule has 0 aliphatic heterocycles. The standard InChI is InChI=1S/C15H18ClNO/c1-4-7-18-11-5-6-14-12(8-11)13(16)9-15(17-14)10(2)3/h5-6,8-10H,4,7H2,1-3H3. The van der Waals surface area contributed by atoms with E-state index in [1.807, 2.05) is 24.3 Å². The summed E-state index contributed by atoms with van der Waals surface area (Å²) in [4.78, 5) is 4.62. The van der Waals surface area contributed by atoms with Crippen molar-refractivity contribution in [2.75, 3.05) is 6.61 Å². The van der Waals surface area contributed by atoms with Crippen LogP contribution in [0.25, 0.3) is 10.9 Å². The number of fused-ring (bicyclic) bond motifs is 1. The predicted octanol–water partition coefficient (Wildman–Crippen LogP) is 4.80. The summed E-state index contributed by atoms with van der Waals surface area (Å²) in [5.74, 6) is 1.23. The summed E-state index contributed by atoms with van der Waals surface area (Å²) in [6.45, 7) is 7.04. The average molecular weight is 264 g/mol. The van der Waals surface area contributed by atoms with Gasteiger partial charge in [-0.2, -0.15) is 0 Å². The predicted molar refractivity (Wildman–Crippen MR) is 76.6 cm³/mol. The van der Waals surface area contributed by atoms with Crippen molar-refractivity contribution in [1.82, 2.24) is 4.98 Å². The van der Waals surface area contributed by atoms with Crippen molar-refractivity contribution in [3.8, 4) is 5.75 Å². The van der Waals surface area contributed by atoms with E-state index in [0.29, 0.717) is 5.92 Å². The van der Waals surface area contributed by atoms with E-state index >= 15 is 0 Å². The lowest BCUT2D eigenvalue weighted by Gasteiger charge is -2.10. The molecule has 0 radical (unpaired) electrons. The Morgan fingerprint density at radius 1 is 1.28 bits per heavy atom. The number of rotatable bonds is 4. The number of hydrogen-bond donors (Lipinski definition) is 0. The van der Waals surface area contributed by atoms with Gasteiger partial charge in [0.1, 0.15) is 5.75 Å². The summed E-state index contributed by atoms with van der Waals surface area (Å²) in [6, 6.07) is 7.83. The molecule has 0 aliphatic rings. The first-order valence-corrected chi connectivity index (χ1v) is 6.72. The first kappa shape index (κ1) is 13.2. The molecule has 0 aliphatic carbocycles. The van der Waals surface area contributed by atoms with Crippen molar-refractivity contribution in [3.63, 3.8) is 0 Å². The second-order valence-electron chi connectivity index (χ2n) is 4.71. The van der Waals surface area contributed by atoms with Crippen molar-refractivity contribution in [2.45, 2.75) is 33.1 Å². The molecule has 0 unspecified atom stereocenters. The number of halogens is 1. The molecule has 1 heterocycles. The van der Waals surface area contributed by atoms with Crippen molar-refractivity contribution in [1.29, 1.82) is 0 Å². The van der Waals surface area contributed by atoms with Gasteiger partial charge in [0, 0.05) is 11.1 Å². The first-order valence-electron chi connectivity index (χ1n) is 6.34. The Hall–Kier alpha value is -1.28. The minimum Gasteiger partial charge on any atom is -0.494 e. The lowest BCUT2D eigenvalue weighted by molar-refractivity contribution is 0.318. The fraction of sp³-hybridized carbons (Fsp3) is 0.400. The Labute approximate surface area is 113 Å². The topological polar surface area (TPSA) is 22.1 Å². The maximum Gasteiger partial charge on any atom is 0.120 e. The largest absolute Gasteiger partial charge is 0.494 e. The zero-order chi connectivity index (χ0) is 13.1. The summed E-state index contributed by atoms with van der Waals surface area (Å²) in [5.41, 5.74) is 1.95. The molecule has 0 amide bonds. The quantitative estimate of drug-likeness (QED) is 0.790. The maximum absolute atomic E-state index is 6.32. The van der Waals surface area contributed by atoms with E-state index in [9.17, 15) is 0 Å². The molecule has 0 atom stereocenters. The molecule has 96 valence electrons. The van der Waals surface area contributed by atoms with Gasteiger partial charge in [-0.25, -0.2) is 0 Å². The molecule has 0 fully saturated rings. The average Bonchev–Trinajstić information content (AvgIpc) is 2.36. The summed E-state index contributed by atoms with van der Waals surface area (Å²) < 4.78 is 5.61. The Morgan fingerprint density at radius 3 is 2.72 bits per heavy atom. The van der Waals surface area contributed by atoms with E-state index in [4.69, 9.17) is 16.3 Å². The lowest BCUT2D eigenvalue weighted by Crippen LogP contribution is -1.96. The third-order valence-electron chi connectivity index (χ3n) is 2.81. The van der Waals surface area contributed by atoms with Gasteiger partial charge < -0.3 is 4.74 Å². The zero-order valence-corrected chi connectivity index (χ0v) is 11.8. The van der Waals surface area contributed by atoms with Crippen LogP contribution in [0.5, 0.6) is 5.75 Å². The van der Waals surface area contributed by atoms with Crippen LogP contribution >= 0.6 is 11.6 Å². The van der Waals surface area contributed by atoms with Crippen molar-refractivity contribution >= 4 is 22.5 Å². The molecule has 2 aromatic rings. The minimum atomic E-state index is 0.378. The molecular formula is C15H18ClNO. The third kappa shape index (κ3) is 2.75. The van der Waals surface area contributed by atoms with E-state index in [2.05, 4.69) is 25.8 Å². The van der Waals surface area contributed by atoms with Crippen LogP contribution in [0.15, 0.2) is 24.3 Å². The highest BCUT2D eigenvalue weighted by Crippen LogP contribution is 2.29. The highest BCUT2D eigenvalue weighted by atomic mass is 35.5. The van der Waals surface area contributed by atoms with Crippen molar-refractivity contribution in [3.05, 3.63) is 35.0 Å². The number of pyridine rings is 1. The minimum absolute atomic E-state index is 0.378. The fourth-order valence-corrected chi connectivity index (χ4v) is 2.05. The molecule has 1 aromatic carbocycles. The van der Waals surface area contributed by atoms with Crippen LogP contribution in [0.1, 0.15) is 38.8 Å². The molecule has 3 heteroatoms. The van der Waals surface area contributed by atoms with Crippen LogP contribution in [0.3, 0.4) is 0 Å². The monoisotopic (exact) mass is 263 g/mol. The zero-order valence-electron chi connectivity index (χ0n) is 11.0. The van der Waals surface area contributed by atoms with Crippen LogP contribution in [0.2, 0.25) is 5.02 Å². The lowest BCUT2D eigenvalue weighted by atomic mass is 10.1. The van der Waals surface area contributed by atoms with E-state index in [-0.39, 0.29) is 0 Å². The van der Waals surface area contributed by atoms with Gasteiger partial charge in [-0.1, -0.05) is 32.4 Å². The molecule has 0 saturated carbocycles. The van der Waals surface area contributed by atoms with Gasteiger partial charge in [0.2, 0.25) is 0 Å². The molecular weight excluding hydrogens is 246 g/mol. The number of aromatic nitrogens is 1. The SMILES string of the molecule is CCCOc1ccc2nc(C(C)C)cc(Cl)c2c1. The second kappa shape index (κ2) is 5.57. The number of benzene rings is 1. The molecule has 2 rings (SSSR count). The molecule has 0 spiro atoms. The van der Waals surface area contributed by atoms with E-state index < -0.39 is 0 Å². The maximum atomic E-state index is 6.32. The van der Waals surface area contributed by atoms with Crippen LogP contribution in [-0.4, -0.2) is 11.6 Å². The van der Waals surface area contributed by atoms with Gasteiger partial charge in [-0.3, -0.25) is 4.98 Å². The van der Waals surface area contributed by atoms with Gasteiger partial charge in [0.05, 0.1) is 17.1 Å². The van der Waals surface area contributed by atoms with Gasteiger partial charge in [-0.05, 0) is 36.6 Å². The smallest absolute Gasteiger partial charge is 0.120 e. The van der Waals surface area contributed by atoms with Crippen LogP contribution in [-0.2, 0) is 0 Å². The Bertz CT molecular complexity index is 551. The number of ether oxygens (including phenoxy) is 1. The highest BCUT2D eigenvalue weighted by molar-refractivity contribution is 6.35. The van der Waals surface area contributed by atoms with E-state index in [1.54, 1.807) is 0 Å². The molecule has 0 bridgehead atoms. The van der Waals surface area contributed by atoms with Gasteiger partial charge in [0.15, 0.2) is 0 Å². The molecule has 1 aromatic heterocycles. The van der Waals surface area contributed by atoms with Gasteiger partial charge in [0.25, 0.3) is 0 Å². The Morgan fingerprint density at radius 2 is 2.06 bits per heavy atom. The van der Waals surface area contributed by atoms with E-state index in [1.165, 1.54) is 0 Å². The summed E-state index contributed by atoms with van der Waals surface area (Å²) in [7, 11) is 0. The van der Waals surface area contributed by atoms with Crippen LogP contribution < -0.4 is 4.74 Å². The van der Waals surface area contributed by atoms with Gasteiger partial charge in [-0.15, -0.1) is 0 Å². The third-order valence-corrected chi connectivity index (χ3v) is 3.13. The van der Waals surface area contributed by atoms with Gasteiger partial charge >= 0.3 is 0 Å². The van der Waals surface area contributed by atoms with Crippen LogP contribution in [0.4, 0.5) is 0 Å². The molecule has 0 saturated heterocycles.